The summed E-state index contributed by atoms with van der Waals surface area (Å²) in [6.07, 6.45) is 0.935. The van der Waals surface area contributed by atoms with Gasteiger partial charge in [-0.15, -0.1) is 0 Å². The third-order valence-corrected chi connectivity index (χ3v) is 4.56. The van der Waals surface area contributed by atoms with E-state index >= 15 is 0 Å². The van der Waals surface area contributed by atoms with Crippen LogP contribution in [0.25, 0.3) is 16.7 Å². The van der Waals surface area contributed by atoms with Crippen molar-refractivity contribution in [2.45, 2.75) is 6.10 Å². The molecule has 0 radical (unpaired) electrons. The van der Waals surface area contributed by atoms with Gasteiger partial charge < -0.3 is 16.2 Å². The van der Waals surface area contributed by atoms with Crippen molar-refractivity contribution in [3.63, 3.8) is 0 Å². The highest BCUT2D eigenvalue weighted by molar-refractivity contribution is 6.30. The highest BCUT2D eigenvalue weighted by Crippen LogP contribution is 2.27. The molecule has 152 valence electrons. The topological polar surface area (TPSA) is 119 Å². The zero-order valence-corrected chi connectivity index (χ0v) is 15.8. The molecule has 0 saturated heterocycles. The van der Waals surface area contributed by atoms with Crippen LogP contribution in [0.4, 0.5) is 20.3 Å². The average Bonchev–Trinajstić information content (AvgIpc) is 3.15. The Morgan fingerprint density at radius 2 is 2.00 bits per heavy atom. The number of benzene rings is 2. The van der Waals surface area contributed by atoms with Gasteiger partial charge in [0.25, 0.3) is 5.91 Å². The number of amides is 1. The largest absolute Gasteiger partial charge is 0.382 e. The maximum absolute atomic E-state index is 14.7. The minimum atomic E-state index is -1.63. The maximum Gasteiger partial charge on any atom is 0.257 e. The van der Waals surface area contributed by atoms with E-state index < -0.39 is 29.3 Å². The number of carbonyl (C=O) groups excluding carboxylic acids is 1. The molecule has 0 saturated carbocycles. The summed E-state index contributed by atoms with van der Waals surface area (Å²) < 4.78 is 30.4. The molecule has 0 fully saturated rings. The molecule has 0 bridgehead atoms. The van der Waals surface area contributed by atoms with Crippen molar-refractivity contribution in [3.05, 3.63) is 71.1 Å². The molecule has 2 heterocycles. The summed E-state index contributed by atoms with van der Waals surface area (Å²) in [4.78, 5) is 20.1. The fourth-order valence-corrected chi connectivity index (χ4v) is 3.09. The van der Waals surface area contributed by atoms with Crippen LogP contribution in [-0.4, -0.2) is 30.8 Å². The van der Waals surface area contributed by atoms with Crippen LogP contribution >= 0.6 is 11.6 Å². The van der Waals surface area contributed by atoms with Gasteiger partial charge in [-0.05, 0) is 17.7 Å². The number of halogens is 3. The number of nitrogens with one attached hydrogen (secondary N) is 1. The van der Waals surface area contributed by atoms with Crippen LogP contribution in [0.15, 0.2) is 48.9 Å². The lowest BCUT2D eigenvalue weighted by atomic mass is 10.1. The number of aliphatic hydroxyl groups is 1. The van der Waals surface area contributed by atoms with Crippen LogP contribution in [0.5, 0.6) is 0 Å². The minimum absolute atomic E-state index is 0.0410. The molecule has 4 rings (SSSR count). The molecule has 11 heteroatoms. The molecule has 2 aromatic heterocycles. The lowest BCUT2D eigenvalue weighted by Gasteiger charge is -2.14. The summed E-state index contributed by atoms with van der Waals surface area (Å²) in [5, 5.41) is 16.6. The van der Waals surface area contributed by atoms with Crippen molar-refractivity contribution in [2.24, 2.45) is 0 Å². The molecule has 8 nitrogen and oxygen atoms in total. The molecule has 0 spiro atoms. The van der Waals surface area contributed by atoms with Crippen molar-refractivity contribution in [3.8, 4) is 5.69 Å². The SMILES string of the molecule is Nc1ncnc2cnn(-c3cc(F)c(NC(=O)[C@H](O)c4cccc(Cl)c4)cc3F)c12. The van der Waals surface area contributed by atoms with E-state index in [-0.39, 0.29) is 22.6 Å². The quantitative estimate of drug-likeness (QED) is 0.458. The molecule has 4 N–H and O–H groups in total. The third kappa shape index (κ3) is 3.53. The zero-order chi connectivity index (χ0) is 21.4. The molecule has 0 aliphatic heterocycles. The smallest absolute Gasteiger partial charge is 0.257 e. The Bertz CT molecular complexity index is 1280. The molecule has 30 heavy (non-hydrogen) atoms. The van der Waals surface area contributed by atoms with Gasteiger partial charge in [-0.25, -0.2) is 23.4 Å². The Kier molecular flexibility index (Phi) is 5.02. The first-order valence-electron chi connectivity index (χ1n) is 8.53. The van der Waals surface area contributed by atoms with Crippen LogP contribution in [0.1, 0.15) is 11.7 Å². The van der Waals surface area contributed by atoms with Gasteiger partial charge in [-0.2, -0.15) is 5.10 Å². The highest BCUT2D eigenvalue weighted by atomic mass is 35.5. The Labute approximate surface area is 172 Å². The van der Waals surface area contributed by atoms with E-state index in [4.69, 9.17) is 17.3 Å². The number of hydrogen-bond acceptors (Lipinski definition) is 6. The van der Waals surface area contributed by atoms with Crippen LogP contribution in [0.3, 0.4) is 0 Å². The number of aromatic nitrogens is 4. The highest BCUT2D eigenvalue weighted by Gasteiger charge is 2.21. The molecular formula is C19H13ClF2N6O2. The molecule has 0 unspecified atom stereocenters. The second-order valence-electron chi connectivity index (χ2n) is 6.28. The molecule has 2 aromatic carbocycles. The Balaban J connectivity index is 1.65. The number of nitrogens with zero attached hydrogens (tertiary/aromatic N) is 4. The predicted molar refractivity (Wildman–Crippen MR) is 106 cm³/mol. The fraction of sp³-hybridized carbons (Fsp3) is 0.0526. The third-order valence-electron chi connectivity index (χ3n) is 4.32. The van der Waals surface area contributed by atoms with Crippen LogP contribution < -0.4 is 11.1 Å². The summed E-state index contributed by atoms with van der Waals surface area (Å²) in [6, 6.07) is 7.61. The fourth-order valence-electron chi connectivity index (χ4n) is 2.89. The Morgan fingerprint density at radius 3 is 2.77 bits per heavy atom. The van der Waals surface area contributed by atoms with Gasteiger partial charge in [0.2, 0.25) is 0 Å². The van der Waals surface area contributed by atoms with E-state index in [0.717, 1.165) is 16.8 Å². The van der Waals surface area contributed by atoms with Crippen molar-refractivity contribution >= 4 is 40.0 Å². The lowest BCUT2D eigenvalue weighted by molar-refractivity contribution is -0.124. The zero-order valence-electron chi connectivity index (χ0n) is 15.1. The van der Waals surface area contributed by atoms with E-state index in [0.29, 0.717) is 10.5 Å². The number of fused-ring (bicyclic) bond motifs is 1. The van der Waals surface area contributed by atoms with Gasteiger partial charge in [-0.3, -0.25) is 4.79 Å². The van der Waals surface area contributed by atoms with Crippen molar-refractivity contribution in [2.75, 3.05) is 11.1 Å². The van der Waals surface area contributed by atoms with E-state index in [1.54, 1.807) is 12.1 Å². The number of hydrogen-bond donors (Lipinski definition) is 3. The predicted octanol–water partition coefficient (Wildman–Crippen LogP) is 3.00. The first-order valence-corrected chi connectivity index (χ1v) is 8.91. The lowest BCUT2D eigenvalue weighted by Crippen LogP contribution is -2.21. The minimum Gasteiger partial charge on any atom is -0.382 e. The monoisotopic (exact) mass is 430 g/mol. The van der Waals surface area contributed by atoms with Gasteiger partial charge in [0.05, 0.1) is 11.9 Å². The number of anilines is 2. The van der Waals surface area contributed by atoms with Crippen molar-refractivity contribution in [1.29, 1.82) is 0 Å². The van der Waals surface area contributed by atoms with E-state index in [1.807, 2.05) is 0 Å². The second kappa shape index (κ2) is 7.65. The standard InChI is InChI=1S/C19H13ClF2N6O2/c20-10-3-1-2-9(4-10)17(29)19(30)27-13-5-12(22)15(6-11(13)21)28-16-14(7-26-28)24-8-25-18(16)23/h1-8,17,29H,(H,27,30)(H2,23,24,25)/t17-/m1/s1. The van der Waals surface area contributed by atoms with E-state index in [9.17, 15) is 18.7 Å². The van der Waals surface area contributed by atoms with Crippen molar-refractivity contribution in [1.82, 2.24) is 19.7 Å². The van der Waals surface area contributed by atoms with Crippen LogP contribution in [0.2, 0.25) is 5.02 Å². The van der Waals surface area contributed by atoms with Gasteiger partial charge in [0.1, 0.15) is 28.9 Å². The number of aliphatic hydroxyl groups excluding tert-OH is 1. The van der Waals surface area contributed by atoms with Gasteiger partial charge in [0, 0.05) is 17.2 Å². The first-order chi connectivity index (χ1) is 14.3. The van der Waals surface area contributed by atoms with Gasteiger partial charge >= 0.3 is 0 Å². The summed E-state index contributed by atoms with van der Waals surface area (Å²) in [6.45, 7) is 0. The molecule has 1 atom stereocenters. The van der Waals surface area contributed by atoms with E-state index in [1.165, 1.54) is 24.7 Å². The average molecular weight is 431 g/mol. The molecule has 0 aliphatic rings. The van der Waals surface area contributed by atoms with Crippen LogP contribution in [0, 0.1) is 11.6 Å². The summed E-state index contributed by atoms with van der Waals surface area (Å²) in [5.41, 5.74) is 5.86. The maximum atomic E-state index is 14.7. The summed E-state index contributed by atoms with van der Waals surface area (Å²) in [7, 11) is 0. The Hall–Kier alpha value is -3.63. The van der Waals surface area contributed by atoms with Crippen LogP contribution in [-0.2, 0) is 4.79 Å². The van der Waals surface area contributed by atoms with Gasteiger partial charge in [-0.1, -0.05) is 23.7 Å². The molecule has 1 amide bonds. The second-order valence-corrected chi connectivity index (χ2v) is 6.72. The normalized spacial score (nSPS) is 12.1. The Morgan fingerprint density at radius 1 is 1.20 bits per heavy atom. The van der Waals surface area contributed by atoms with E-state index in [2.05, 4.69) is 20.4 Å². The number of rotatable bonds is 4. The summed E-state index contributed by atoms with van der Waals surface area (Å²) in [5.74, 6) is -2.75. The first kappa shape index (κ1) is 19.7. The number of carbonyl (C=O) groups is 1. The molecule has 0 aliphatic carbocycles. The van der Waals surface area contributed by atoms with Crippen molar-refractivity contribution < 1.29 is 18.7 Å². The number of nitrogen functional groups attached to an aromatic ring is 1. The molecular weight excluding hydrogens is 418 g/mol. The number of nitrogens with two attached hydrogens (primary N) is 1. The van der Waals surface area contributed by atoms with Gasteiger partial charge in [0.15, 0.2) is 17.7 Å². The molecule has 4 aromatic rings. The summed E-state index contributed by atoms with van der Waals surface area (Å²) >= 11 is 5.84.